The van der Waals surface area contributed by atoms with E-state index in [-0.39, 0.29) is 29.7 Å². The van der Waals surface area contributed by atoms with E-state index in [1.165, 1.54) is 4.90 Å². The number of rotatable bonds is 7. The highest BCUT2D eigenvalue weighted by atomic mass is 28.4. The molecule has 0 aromatic rings. The normalized spacial score (nSPS) is 16.2. The number of aliphatic hydroxyl groups excluding tert-OH is 1. The Labute approximate surface area is 149 Å². The first kappa shape index (κ1) is 23.4. The minimum Gasteiger partial charge on any atom is -0.465 e. The molecule has 0 aromatic heterocycles. The summed E-state index contributed by atoms with van der Waals surface area (Å²) < 4.78 is 6.34. The number of carboxylic acid groups (broad SMARTS) is 1. The first-order valence-corrected chi connectivity index (χ1v) is 11.8. The third-order valence-electron chi connectivity index (χ3n) is 5.01. The van der Waals surface area contributed by atoms with Crippen LogP contribution in [0.25, 0.3) is 0 Å². The summed E-state index contributed by atoms with van der Waals surface area (Å²) >= 11 is 0. The lowest BCUT2D eigenvalue weighted by molar-refractivity contribution is 0.0170. The average Bonchev–Trinajstić information content (AvgIpc) is 2.32. The molecule has 6 heteroatoms. The van der Waals surface area contributed by atoms with Gasteiger partial charge < -0.3 is 19.5 Å². The molecule has 1 amide bonds. The Balaban J connectivity index is 5.46. The van der Waals surface area contributed by atoms with Crippen LogP contribution in [0.2, 0.25) is 18.1 Å². The molecule has 2 atom stereocenters. The number of carbonyl (C=O) groups is 1. The third kappa shape index (κ3) is 6.37. The monoisotopic (exact) mass is 361 g/mol. The summed E-state index contributed by atoms with van der Waals surface area (Å²) in [6.45, 7) is 20.4. The average molecular weight is 362 g/mol. The van der Waals surface area contributed by atoms with Crippen molar-refractivity contribution < 1.29 is 19.4 Å². The Morgan fingerprint density at radius 2 is 1.58 bits per heavy atom. The summed E-state index contributed by atoms with van der Waals surface area (Å²) in [5.41, 5.74) is -0.502. The molecular formula is C18H39NO4Si. The summed E-state index contributed by atoms with van der Waals surface area (Å²) in [5.74, 6) is 0.136. The molecule has 2 unspecified atom stereocenters. The maximum absolute atomic E-state index is 11.8. The van der Waals surface area contributed by atoms with Crippen LogP contribution in [0, 0.1) is 5.92 Å². The van der Waals surface area contributed by atoms with Gasteiger partial charge in [-0.15, -0.1) is 0 Å². The standard InChI is InChI=1S/C18H39NO4Si/c1-13(2)15(19(16(21)22)17(3,4)5)11-14(12-20)23-24(9,10)18(6,7)8/h13-15,20H,11-12H2,1-10H3,(H,21,22). The first-order valence-electron chi connectivity index (χ1n) is 8.85. The Morgan fingerprint density at radius 1 is 1.12 bits per heavy atom. The molecule has 0 aromatic carbocycles. The Morgan fingerprint density at radius 3 is 1.83 bits per heavy atom. The van der Waals surface area contributed by atoms with Crippen LogP contribution in [0.5, 0.6) is 0 Å². The quantitative estimate of drug-likeness (QED) is 0.652. The van der Waals surface area contributed by atoms with Crippen molar-refractivity contribution in [1.29, 1.82) is 0 Å². The molecule has 0 bridgehead atoms. The molecule has 0 fully saturated rings. The minimum absolute atomic E-state index is 0.0459. The van der Waals surface area contributed by atoms with E-state index in [0.29, 0.717) is 6.42 Å². The zero-order valence-electron chi connectivity index (χ0n) is 17.3. The second-order valence-corrected chi connectivity index (χ2v) is 14.3. The van der Waals surface area contributed by atoms with E-state index in [1.54, 1.807) is 0 Å². The fourth-order valence-electron chi connectivity index (χ4n) is 2.62. The van der Waals surface area contributed by atoms with Gasteiger partial charge in [-0.05, 0) is 51.2 Å². The molecule has 0 rings (SSSR count). The van der Waals surface area contributed by atoms with Gasteiger partial charge in [-0.2, -0.15) is 0 Å². The van der Waals surface area contributed by atoms with E-state index in [0.717, 1.165) is 0 Å². The molecule has 0 aliphatic rings. The molecule has 0 saturated heterocycles. The van der Waals surface area contributed by atoms with Crippen LogP contribution >= 0.6 is 0 Å². The molecule has 0 saturated carbocycles. The number of amides is 1. The van der Waals surface area contributed by atoms with E-state index in [4.69, 9.17) is 4.43 Å². The van der Waals surface area contributed by atoms with E-state index in [1.807, 2.05) is 34.6 Å². The van der Waals surface area contributed by atoms with Crippen LogP contribution in [0.3, 0.4) is 0 Å². The number of nitrogens with zero attached hydrogens (tertiary/aromatic N) is 1. The molecule has 0 aliphatic heterocycles. The van der Waals surface area contributed by atoms with Gasteiger partial charge in [0.25, 0.3) is 0 Å². The van der Waals surface area contributed by atoms with Gasteiger partial charge in [-0.1, -0.05) is 34.6 Å². The van der Waals surface area contributed by atoms with Crippen molar-refractivity contribution in [1.82, 2.24) is 4.90 Å². The zero-order valence-corrected chi connectivity index (χ0v) is 18.3. The number of hydrogen-bond donors (Lipinski definition) is 2. The molecule has 0 radical (unpaired) electrons. The van der Waals surface area contributed by atoms with Gasteiger partial charge in [0.15, 0.2) is 8.32 Å². The topological polar surface area (TPSA) is 70.0 Å². The highest BCUT2D eigenvalue weighted by Crippen LogP contribution is 2.38. The number of aliphatic hydroxyl groups is 1. The van der Waals surface area contributed by atoms with Gasteiger partial charge in [-0.3, -0.25) is 0 Å². The summed E-state index contributed by atoms with van der Waals surface area (Å²) in [6, 6.07) is -0.204. The lowest BCUT2D eigenvalue weighted by atomic mass is 9.92. The van der Waals surface area contributed by atoms with Crippen molar-refractivity contribution in [3.63, 3.8) is 0 Å². The van der Waals surface area contributed by atoms with E-state index in [9.17, 15) is 15.0 Å². The van der Waals surface area contributed by atoms with Crippen LogP contribution in [0.15, 0.2) is 0 Å². The second-order valence-electron chi connectivity index (χ2n) is 9.55. The van der Waals surface area contributed by atoms with Gasteiger partial charge in [0.2, 0.25) is 0 Å². The largest absolute Gasteiger partial charge is 0.465 e. The summed E-state index contributed by atoms with van der Waals surface area (Å²) in [5, 5.41) is 19.6. The maximum atomic E-state index is 11.8. The molecule has 144 valence electrons. The fourth-order valence-corrected chi connectivity index (χ4v) is 3.98. The predicted octanol–water partition coefficient (Wildman–Crippen LogP) is 4.56. The van der Waals surface area contributed by atoms with Crippen LogP contribution < -0.4 is 0 Å². The Hall–Kier alpha value is -0.593. The third-order valence-corrected chi connectivity index (χ3v) is 9.54. The highest BCUT2D eigenvalue weighted by molar-refractivity contribution is 6.74. The summed E-state index contributed by atoms with van der Waals surface area (Å²) in [4.78, 5) is 13.3. The van der Waals surface area contributed by atoms with Crippen molar-refractivity contribution in [2.45, 2.75) is 97.6 Å². The lowest BCUT2D eigenvalue weighted by Gasteiger charge is -2.44. The molecular weight excluding hydrogens is 322 g/mol. The van der Waals surface area contributed by atoms with E-state index in [2.05, 4.69) is 33.9 Å². The Bertz CT molecular complexity index is 410. The molecule has 0 spiro atoms. The van der Waals surface area contributed by atoms with Crippen LogP contribution in [0.4, 0.5) is 4.79 Å². The SMILES string of the molecule is CC(C)C(CC(CO)O[Si](C)(C)C(C)(C)C)N(C(=O)O)C(C)(C)C. The van der Waals surface area contributed by atoms with Gasteiger partial charge >= 0.3 is 6.09 Å². The molecule has 2 N–H and O–H groups in total. The van der Waals surface area contributed by atoms with Crippen molar-refractivity contribution in [3.05, 3.63) is 0 Å². The van der Waals surface area contributed by atoms with Crippen LogP contribution in [0.1, 0.15) is 61.8 Å². The van der Waals surface area contributed by atoms with E-state index >= 15 is 0 Å². The molecule has 5 nitrogen and oxygen atoms in total. The zero-order chi connectivity index (χ0) is 19.5. The van der Waals surface area contributed by atoms with Crippen LogP contribution in [-0.4, -0.2) is 53.8 Å². The summed E-state index contributed by atoms with van der Waals surface area (Å²) in [6.07, 6.45) is -0.766. The highest BCUT2D eigenvalue weighted by Gasteiger charge is 2.41. The number of hydrogen-bond acceptors (Lipinski definition) is 3. The van der Waals surface area contributed by atoms with Crippen molar-refractivity contribution in [2.24, 2.45) is 5.92 Å². The second kappa shape index (κ2) is 8.19. The van der Waals surface area contributed by atoms with Crippen molar-refractivity contribution in [2.75, 3.05) is 6.61 Å². The predicted molar refractivity (Wildman–Crippen MR) is 102 cm³/mol. The lowest BCUT2D eigenvalue weighted by Crippen LogP contribution is -2.55. The fraction of sp³-hybridized carbons (Fsp3) is 0.944. The molecule has 24 heavy (non-hydrogen) atoms. The molecule has 0 aliphatic carbocycles. The smallest absolute Gasteiger partial charge is 0.407 e. The van der Waals surface area contributed by atoms with Gasteiger partial charge in [-0.25, -0.2) is 4.79 Å². The summed E-state index contributed by atoms with van der Waals surface area (Å²) in [7, 11) is -2.02. The Kier molecular flexibility index (Phi) is 7.99. The van der Waals surface area contributed by atoms with Crippen molar-refractivity contribution in [3.8, 4) is 0 Å². The van der Waals surface area contributed by atoms with Gasteiger partial charge in [0.05, 0.1) is 12.7 Å². The van der Waals surface area contributed by atoms with Crippen LogP contribution in [-0.2, 0) is 4.43 Å². The van der Waals surface area contributed by atoms with Gasteiger partial charge in [0, 0.05) is 11.6 Å². The first-order chi connectivity index (χ1) is 10.5. The van der Waals surface area contributed by atoms with Gasteiger partial charge in [0.1, 0.15) is 0 Å². The van der Waals surface area contributed by atoms with E-state index < -0.39 is 19.9 Å². The minimum atomic E-state index is -2.02. The maximum Gasteiger partial charge on any atom is 0.407 e. The molecule has 0 heterocycles. The van der Waals surface area contributed by atoms with Crippen molar-refractivity contribution >= 4 is 14.4 Å².